The summed E-state index contributed by atoms with van der Waals surface area (Å²) in [4.78, 5) is 28.4. The van der Waals surface area contributed by atoms with E-state index in [1.807, 2.05) is 13.8 Å². The van der Waals surface area contributed by atoms with Crippen molar-refractivity contribution in [2.75, 3.05) is 38.7 Å². The molecule has 232 valence electrons. The molecular formula is C31H38ClN3O7S. The molecular weight excluding hydrogens is 594 g/mol. The number of methoxy groups -OCH3 is 3. The van der Waals surface area contributed by atoms with Gasteiger partial charge in [0, 0.05) is 24.2 Å². The Morgan fingerprint density at radius 2 is 1.49 bits per heavy atom. The fourth-order valence-electron chi connectivity index (χ4n) is 4.20. The van der Waals surface area contributed by atoms with Crippen molar-refractivity contribution >= 4 is 39.1 Å². The Morgan fingerprint density at radius 1 is 0.860 bits per heavy atom. The van der Waals surface area contributed by atoms with E-state index in [1.165, 1.54) is 61.6 Å². The lowest BCUT2D eigenvalue weighted by Crippen LogP contribution is -2.51. The van der Waals surface area contributed by atoms with Crippen LogP contribution in [-0.4, -0.2) is 65.6 Å². The maximum absolute atomic E-state index is 14.1. The molecule has 0 fully saturated rings. The van der Waals surface area contributed by atoms with Crippen molar-refractivity contribution in [3.05, 3.63) is 77.3 Å². The highest BCUT2D eigenvalue weighted by Crippen LogP contribution is 2.32. The molecule has 0 aliphatic rings. The predicted octanol–water partition coefficient (Wildman–Crippen LogP) is 4.75. The van der Waals surface area contributed by atoms with E-state index < -0.39 is 28.5 Å². The molecule has 0 radical (unpaired) electrons. The predicted molar refractivity (Wildman–Crippen MR) is 166 cm³/mol. The van der Waals surface area contributed by atoms with E-state index in [9.17, 15) is 18.0 Å². The Hall–Kier alpha value is -3.96. The van der Waals surface area contributed by atoms with Gasteiger partial charge in [-0.25, -0.2) is 8.42 Å². The molecule has 0 saturated heterocycles. The molecule has 0 unspecified atom stereocenters. The molecule has 3 aromatic rings. The van der Waals surface area contributed by atoms with Gasteiger partial charge in [-0.3, -0.25) is 13.9 Å². The molecule has 2 amide bonds. The van der Waals surface area contributed by atoms with Crippen LogP contribution in [0.2, 0.25) is 5.02 Å². The minimum atomic E-state index is -4.31. The van der Waals surface area contributed by atoms with E-state index in [2.05, 4.69) is 5.32 Å². The largest absolute Gasteiger partial charge is 0.497 e. The molecule has 0 aliphatic carbocycles. The number of ether oxygens (including phenoxy) is 3. The third kappa shape index (κ3) is 8.55. The molecule has 1 N–H and O–H groups in total. The van der Waals surface area contributed by atoms with Crippen molar-refractivity contribution in [3.63, 3.8) is 0 Å². The van der Waals surface area contributed by atoms with Gasteiger partial charge in [0.25, 0.3) is 10.0 Å². The van der Waals surface area contributed by atoms with E-state index in [-0.39, 0.29) is 34.7 Å². The Balaban J connectivity index is 2.04. The first-order valence-corrected chi connectivity index (χ1v) is 15.4. The van der Waals surface area contributed by atoms with Crippen LogP contribution in [0.3, 0.4) is 0 Å². The van der Waals surface area contributed by atoms with E-state index in [0.29, 0.717) is 23.1 Å². The van der Waals surface area contributed by atoms with Crippen molar-refractivity contribution in [2.24, 2.45) is 5.92 Å². The molecule has 0 saturated carbocycles. The fraction of sp³-hybridized carbons (Fsp3) is 0.355. The summed E-state index contributed by atoms with van der Waals surface area (Å²) >= 11 is 6.09. The average molecular weight is 632 g/mol. The number of rotatable bonds is 14. The first-order valence-electron chi connectivity index (χ1n) is 13.6. The minimum absolute atomic E-state index is 0.0595. The second kappa shape index (κ2) is 15.0. The summed E-state index contributed by atoms with van der Waals surface area (Å²) in [5, 5.41) is 3.27. The molecule has 0 bridgehead atoms. The molecule has 0 spiro atoms. The normalized spacial score (nSPS) is 11.9. The zero-order valence-electron chi connectivity index (χ0n) is 25.2. The second-order valence-corrected chi connectivity index (χ2v) is 12.5. The number of hydrogen-bond acceptors (Lipinski definition) is 7. The zero-order valence-corrected chi connectivity index (χ0v) is 26.7. The summed E-state index contributed by atoms with van der Waals surface area (Å²) in [6.45, 7) is 5.45. The first kappa shape index (κ1) is 33.5. The van der Waals surface area contributed by atoms with Crippen molar-refractivity contribution in [1.29, 1.82) is 0 Å². The van der Waals surface area contributed by atoms with Gasteiger partial charge in [0.1, 0.15) is 18.3 Å². The molecule has 3 rings (SSSR count). The summed E-state index contributed by atoms with van der Waals surface area (Å²) in [6, 6.07) is 16.5. The molecule has 0 aromatic heterocycles. The standard InChI is InChI=1S/C31H38ClN3O7S/c1-21(2)18-33-31(37)22(3)34(19-23-7-13-26(40-4)14-8-23)30(36)20-35(25-11-9-24(32)10-12-25)43(38,39)27-15-16-28(41-5)29(17-27)42-6/h7-17,21-22H,18-20H2,1-6H3,(H,33,37)/t22-/m0/s1. The lowest BCUT2D eigenvalue weighted by Gasteiger charge is -2.32. The van der Waals surface area contributed by atoms with E-state index in [0.717, 1.165) is 9.87 Å². The molecule has 3 aromatic carbocycles. The maximum atomic E-state index is 14.1. The number of carbonyl (C=O) groups is 2. The van der Waals surface area contributed by atoms with Gasteiger partial charge in [0.2, 0.25) is 11.8 Å². The molecule has 43 heavy (non-hydrogen) atoms. The molecule has 1 atom stereocenters. The van der Waals surface area contributed by atoms with Crippen molar-refractivity contribution < 1.29 is 32.2 Å². The van der Waals surface area contributed by atoms with Gasteiger partial charge in [-0.2, -0.15) is 0 Å². The highest BCUT2D eigenvalue weighted by Gasteiger charge is 2.33. The summed E-state index contributed by atoms with van der Waals surface area (Å²) in [7, 11) is 0.0848. The molecule has 0 heterocycles. The van der Waals surface area contributed by atoms with Gasteiger partial charge in [-0.05, 0) is 66.9 Å². The third-order valence-corrected chi connectivity index (χ3v) is 8.72. The number of nitrogens with zero attached hydrogens (tertiary/aromatic N) is 2. The monoisotopic (exact) mass is 631 g/mol. The fourth-order valence-corrected chi connectivity index (χ4v) is 5.76. The van der Waals surface area contributed by atoms with Crippen LogP contribution in [-0.2, 0) is 26.2 Å². The van der Waals surface area contributed by atoms with Gasteiger partial charge >= 0.3 is 0 Å². The Kier molecular flexibility index (Phi) is 11.7. The number of halogens is 1. The number of benzene rings is 3. The van der Waals surface area contributed by atoms with E-state index in [4.69, 9.17) is 25.8 Å². The van der Waals surface area contributed by atoms with Crippen molar-refractivity contribution in [3.8, 4) is 17.2 Å². The summed E-state index contributed by atoms with van der Waals surface area (Å²) in [5.41, 5.74) is 0.951. The van der Waals surface area contributed by atoms with Crippen LogP contribution in [0.4, 0.5) is 5.69 Å². The molecule has 0 aliphatic heterocycles. The smallest absolute Gasteiger partial charge is 0.264 e. The Labute approximate surface area is 258 Å². The number of anilines is 1. The number of nitrogens with one attached hydrogen (secondary N) is 1. The Morgan fingerprint density at radius 3 is 2.05 bits per heavy atom. The SMILES string of the molecule is COc1ccc(CN(C(=O)CN(c2ccc(Cl)cc2)S(=O)(=O)c2ccc(OC)c(OC)c2)[C@@H](C)C(=O)NCC(C)C)cc1. The van der Waals surface area contributed by atoms with Gasteiger partial charge in [0.15, 0.2) is 11.5 Å². The molecule has 12 heteroatoms. The highest BCUT2D eigenvalue weighted by molar-refractivity contribution is 7.92. The minimum Gasteiger partial charge on any atom is -0.497 e. The highest BCUT2D eigenvalue weighted by atomic mass is 35.5. The second-order valence-electron chi connectivity index (χ2n) is 10.2. The van der Waals surface area contributed by atoms with Gasteiger partial charge in [-0.15, -0.1) is 0 Å². The van der Waals surface area contributed by atoms with Gasteiger partial charge < -0.3 is 24.4 Å². The van der Waals surface area contributed by atoms with Crippen LogP contribution in [0.15, 0.2) is 71.6 Å². The van der Waals surface area contributed by atoms with Crippen LogP contribution < -0.4 is 23.8 Å². The maximum Gasteiger partial charge on any atom is 0.264 e. The van der Waals surface area contributed by atoms with Gasteiger partial charge in [0.05, 0.1) is 31.9 Å². The van der Waals surface area contributed by atoms with E-state index in [1.54, 1.807) is 38.3 Å². The van der Waals surface area contributed by atoms with Crippen molar-refractivity contribution in [2.45, 2.75) is 38.3 Å². The van der Waals surface area contributed by atoms with E-state index >= 15 is 0 Å². The van der Waals surface area contributed by atoms with Crippen molar-refractivity contribution in [1.82, 2.24) is 10.2 Å². The quantitative estimate of drug-likeness (QED) is 0.273. The van der Waals surface area contributed by atoms with Crippen LogP contribution in [0.1, 0.15) is 26.3 Å². The summed E-state index contributed by atoms with van der Waals surface area (Å²) < 4.78 is 45.0. The lowest BCUT2D eigenvalue weighted by atomic mass is 10.1. The van der Waals surface area contributed by atoms with Crippen LogP contribution in [0, 0.1) is 5.92 Å². The first-order chi connectivity index (χ1) is 20.4. The number of amides is 2. The lowest BCUT2D eigenvalue weighted by molar-refractivity contribution is -0.139. The van der Waals surface area contributed by atoms with Crippen LogP contribution >= 0.6 is 11.6 Å². The summed E-state index contributed by atoms with van der Waals surface area (Å²) in [6.07, 6.45) is 0. The van der Waals surface area contributed by atoms with Crippen LogP contribution in [0.5, 0.6) is 17.2 Å². The number of hydrogen-bond donors (Lipinski definition) is 1. The summed E-state index contributed by atoms with van der Waals surface area (Å²) in [5.74, 6) is 0.469. The zero-order chi connectivity index (χ0) is 31.7. The number of sulfonamides is 1. The topological polar surface area (TPSA) is 114 Å². The van der Waals surface area contributed by atoms with Gasteiger partial charge in [-0.1, -0.05) is 37.6 Å². The molecule has 10 nitrogen and oxygen atoms in total. The average Bonchev–Trinajstić information content (AvgIpc) is 3.01. The number of carbonyl (C=O) groups excluding carboxylic acids is 2. The third-order valence-electron chi connectivity index (χ3n) is 6.70. The van der Waals surface area contributed by atoms with Crippen LogP contribution in [0.25, 0.3) is 0 Å². The Bertz CT molecular complexity index is 1500.